The molecular weight excluding hydrogens is 453 g/mol. The number of hydrogen-bond acceptors (Lipinski definition) is 6. The fourth-order valence-corrected chi connectivity index (χ4v) is 3.60. The number of ether oxygens (including phenoxy) is 1. The van der Waals surface area contributed by atoms with Gasteiger partial charge >= 0.3 is 12.1 Å². The molecule has 0 saturated carbocycles. The van der Waals surface area contributed by atoms with Crippen LogP contribution in [0.5, 0.6) is 0 Å². The van der Waals surface area contributed by atoms with Gasteiger partial charge in [0.25, 0.3) is 11.8 Å². The average molecular weight is 474 g/mol. The molecule has 2 amide bonds. The molecule has 1 saturated heterocycles. The molecule has 1 atom stereocenters. The summed E-state index contributed by atoms with van der Waals surface area (Å²) in [6.07, 6.45) is -4.73. The van der Waals surface area contributed by atoms with Crippen molar-refractivity contribution in [3.63, 3.8) is 0 Å². The fourth-order valence-electron chi connectivity index (χ4n) is 3.60. The van der Waals surface area contributed by atoms with Gasteiger partial charge in [-0.25, -0.2) is 0 Å². The van der Waals surface area contributed by atoms with Crippen LogP contribution in [0.15, 0.2) is 53.1 Å². The predicted octanol–water partition coefficient (Wildman–Crippen LogP) is 3.33. The number of aryl methyl sites for hydroxylation is 1. The van der Waals surface area contributed by atoms with Gasteiger partial charge in [-0.05, 0) is 30.7 Å². The van der Waals surface area contributed by atoms with Crippen LogP contribution in [-0.2, 0) is 10.9 Å². The Kier molecular flexibility index (Phi) is 6.64. The minimum absolute atomic E-state index is 0.122. The van der Waals surface area contributed by atoms with Gasteiger partial charge in [-0.3, -0.25) is 9.59 Å². The third kappa shape index (κ3) is 5.09. The van der Waals surface area contributed by atoms with Gasteiger partial charge in [0.05, 0.1) is 19.3 Å². The highest BCUT2D eigenvalue weighted by Crippen LogP contribution is 2.29. The molecule has 8 nitrogen and oxygen atoms in total. The summed E-state index contributed by atoms with van der Waals surface area (Å²) < 4.78 is 47.6. The van der Waals surface area contributed by atoms with E-state index in [1.165, 1.54) is 24.3 Å². The quantitative estimate of drug-likeness (QED) is 0.609. The molecular formula is C23H21F3N4O4. The van der Waals surface area contributed by atoms with E-state index in [0.29, 0.717) is 18.7 Å². The second kappa shape index (κ2) is 9.64. The molecule has 1 aromatic heterocycles. The first-order valence-corrected chi connectivity index (χ1v) is 10.5. The maximum absolute atomic E-state index is 13.0. The number of carbonyl (C=O) groups is 2. The molecule has 0 radical (unpaired) electrons. The SMILES string of the molecule is Cc1ccccc1C(=O)N1CCOCC1CNC(=O)c1ccc(-c2noc(C(F)(F)F)n2)cc1. The zero-order valence-electron chi connectivity index (χ0n) is 18.1. The number of benzene rings is 2. The van der Waals surface area contributed by atoms with E-state index in [9.17, 15) is 22.8 Å². The van der Waals surface area contributed by atoms with Crippen LogP contribution in [0.4, 0.5) is 13.2 Å². The minimum atomic E-state index is -4.73. The van der Waals surface area contributed by atoms with Crippen LogP contribution in [0.25, 0.3) is 11.4 Å². The van der Waals surface area contributed by atoms with Crippen LogP contribution in [0.1, 0.15) is 32.2 Å². The maximum atomic E-state index is 13.0. The fraction of sp³-hybridized carbons (Fsp3) is 0.304. The third-order valence-electron chi connectivity index (χ3n) is 5.44. The normalized spacial score (nSPS) is 16.4. The van der Waals surface area contributed by atoms with E-state index >= 15 is 0 Å². The molecule has 34 heavy (non-hydrogen) atoms. The van der Waals surface area contributed by atoms with Crippen molar-refractivity contribution in [1.82, 2.24) is 20.4 Å². The second-order valence-electron chi connectivity index (χ2n) is 7.75. The highest BCUT2D eigenvalue weighted by molar-refractivity contribution is 5.96. The Hall–Kier alpha value is -3.73. The number of alkyl halides is 3. The molecule has 1 fully saturated rings. The Morgan fingerprint density at radius 2 is 1.88 bits per heavy atom. The van der Waals surface area contributed by atoms with E-state index in [-0.39, 0.29) is 42.1 Å². The van der Waals surface area contributed by atoms with Gasteiger partial charge in [-0.1, -0.05) is 35.5 Å². The Bertz CT molecular complexity index is 1180. The molecule has 11 heteroatoms. The molecule has 2 aromatic carbocycles. The monoisotopic (exact) mass is 474 g/mol. The zero-order valence-corrected chi connectivity index (χ0v) is 18.1. The standard InChI is InChI=1S/C23H21F3N4O4/c1-14-4-2-3-5-18(14)21(32)30-10-11-33-13-17(30)12-27-20(31)16-8-6-15(7-9-16)19-28-22(34-29-19)23(24,25)26/h2-9,17H,10-13H2,1H3,(H,27,31). The van der Waals surface area contributed by atoms with Crippen molar-refractivity contribution >= 4 is 11.8 Å². The van der Waals surface area contributed by atoms with Gasteiger partial charge in [-0.2, -0.15) is 18.2 Å². The zero-order chi connectivity index (χ0) is 24.3. The molecule has 0 bridgehead atoms. The molecule has 1 aliphatic heterocycles. The largest absolute Gasteiger partial charge is 0.471 e. The van der Waals surface area contributed by atoms with Crippen molar-refractivity contribution in [2.24, 2.45) is 0 Å². The second-order valence-corrected chi connectivity index (χ2v) is 7.75. The Morgan fingerprint density at radius 1 is 1.15 bits per heavy atom. The molecule has 1 aliphatic rings. The average Bonchev–Trinajstić information content (AvgIpc) is 3.34. The summed E-state index contributed by atoms with van der Waals surface area (Å²) in [5.74, 6) is -2.19. The number of aromatic nitrogens is 2. The lowest BCUT2D eigenvalue weighted by molar-refractivity contribution is -0.159. The summed E-state index contributed by atoms with van der Waals surface area (Å²) in [5.41, 5.74) is 2.03. The van der Waals surface area contributed by atoms with Crippen molar-refractivity contribution in [3.8, 4) is 11.4 Å². The molecule has 1 unspecified atom stereocenters. The van der Waals surface area contributed by atoms with Gasteiger partial charge in [0.15, 0.2) is 0 Å². The first kappa shape index (κ1) is 23.4. The van der Waals surface area contributed by atoms with Gasteiger partial charge in [0.1, 0.15) is 0 Å². The molecule has 4 rings (SSSR count). The van der Waals surface area contributed by atoms with E-state index < -0.39 is 18.0 Å². The van der Waals surface area contributed by atoms with Gasteiger partial charge in [-0.15, -0.1) is 0 Å². The van der Waals surface area contributed by atoms with Crippen LogP contribution < -0.4 is 5.32 Å². The minimum Gasteiger partial charge on any atom is -0.377 e. The van der Waals surface area contributed by atoms with Crippen molar-refractivity contribution in [1.29, 1.82) is 0 Å². The van der Waals surface area contributed by atoms with E-state index in [4.69, 9.17) is 4.74 Å². The van der Waals surface area contributed by atoms with Gasteiger partial charge in [0, 0.05) is 29.8 Å². The van der Waals surface area contributed by atoms with Crippen LogP contribution in [0.2, 0.25) is 0 Å². The summed E-state index contributed by atoms with van der Waals surface area (Å²) >= 11 is 0. The van der Waals surface area contributed by atoms with E-state index in [2.05, 4.69) is 20.0 Å². The third-order valence-corrected chi connectivity index (χ3v) is 5.44. The van der Waals surface area contributed by atoms with E-state index in [1.54, 1.807) is 17.0 Å². The summed E-state index contributed by atoms with van der Waals surface area (Å²) in [6, 6.07) is 12.7. The summed E-state index contributed by atoms with van der Waals surface area (Å²) in [6.45, 7) is 3.16. The summed E-state index contributed by atoms with van der Waals surface area (Å²) in [7, 11) is 0. The number of nitrogens with zero attached hydrogens (tertiary/aromatic N) is 3. The molecule has 0 spiro atoms. The van der Waals surface area contributed by atoms with Crippen molar-refractivity contribution in [3.05, 3.63) is 71.1 Å². The maximum Gasteiger partial charge on any atom is 0.471 e. The van der Waals surface area contributed by atoms with Crippen molar-refractivity contribution in [2.45, 2.75) is 19.1 Å². The highest BCUT2D eigenvalue weighted by atomic mass is 19.4. The first-order chi connectivity index (χ1) is 16.2. The molecule has 0 aliphatic carbocycles. The lowest BCUT2D eigenvalue weighted by atomic mass is 10.1. The van der Waals surface area contributed by atoms with E-state index in [0.717, 1.165) is 5.56 Å². The molecule has 2 heterocycles. The molecule has 1 N–H and O–H groups in total. The smallest absolute Gasteiger partial charge is 0.377 e. The highest BCUT2D eigenvalue weighted by Gasteiger charge is 2.38. The number of amides is 2. The number of hydrogen-bond donors (Lipinski definition) is 1. The first-order valence-electron chi connectivity index (χ1n) is 10.5. The number of halogens is 3. The Morgan fingerprint density at radius 3 is 2.56 bits per heavy atom. The lowest BCUT2D eigenvalue weighted by Crippen LogP contribution is -2.53. The topological polar surface area (TPSA) is 97.6 Å². The number of morpholine rings is 1. The van der Waals surface area contributed by atoms with Crippen LogP contribution in [-0.4, -0.2) is 59.2 Å². The predicted molar refractivity (Wildman–Crippen MR) is 114 cm³/mol. The van der Waals surface area contributed by atoms with Crippen LogP contribution >= 0.6 is 0 Å². The van der Waals surface area contributed by atoms with Gasteiger partial charge in [0.2, 0.25) is 5.82 Å². The molecule has 178 valence electrons. The molecule has 3 aromatic rings. The Labute approximate surface area is 192 Å². The van der Waals surface area contributed by atoms with Crippen LogP contribution in [0.3, 0.4) is 0 Å². The lowest BCUT2D eigenvalue weighted by Gasteiger charge is -2.36. The Balaban J connectivity index is 1.40. The van der Waals surface area contributed by atoms with Crippen molar-refractivity contribution in [2.75, 3.05) is 26.3 Å². The summed E-state index contributed by atoms with van der Waals surface area (Å²) in [4.78, 5) is 30.7. The number of carbonyl (C=O) groups excluding carboxylic acids is 2. The van der Waals surface area contributed by atoms with E-state index in [1.807, 2.05) is 19.1 Å². The van der Waals surface area contributed by atoms with Crippen LogP contribution in [0, 0.1) is 6.92 Å². The van der Waals surface area contributed by atoms with Crippen molar-refractivity contribution < 1.29 is 32.0 Å². The van der Waals surface area contributed by atoms with Gasteiger partial charge < -0.3 is 19.5 Å². The number of nitrogens with one attached hydrogen (secondary N) is 1. The summed E-state index contributed by atoms with van der Waals surface area (Å²) in [5, 5.41) is 6.11. The number of rotatable bonds is 5.